The second-order valence-corrected chi connectivity index (χ2v) is 8.10. The molecule has 6 nitrogen and oxygen atoms in total. The average molecular weight is 458 g/mol. The number of hydrogen-bond donors (Lipinski definition) is 1. The number of imidazole rings is 1. The van der Waals surface area contributed by atoms with Gasteiger partial charge in [-0.25, -0.2) is 4.98 Å². The molecule has 0 bridgehead atoms. The third-order valence-corrected chi connectivity index (χ3v) is 5.62. The molecule has 0 fully saturated rings. The number of rotatable bonds is 7. The largest absolute Gasteiger partial charge is 0.494 e. The molecule has 2 aromatic heterocycles. The van der Waals surface area contributed by atoms with Crippen molar-refractivity contribution in [2.45, 2.75) is 39.0 Å². The standard InChI is InChI=1S/C24H25F3N4O2/c1-15(2)16-5-7-17(8-6-16)23-29-21-20(24(25,26)27)18(14-30-10-4-9-28-30)13-19(33-3)22(21)31(23)11-12-32/h4-10,13,15,32H,11-12,14H2,1-3H3. The Labute approximate surface area is 189 Å². The molecule has 4 aromatic rings. The van der Waals surface area contributed by atoms with Gasteiger partial charge < -0.3 is 14.4 Å². The molecule has 33 heavy (non-hydrogen) atoms. The Bertz CT molecular complexity index is 1240. The van der Waals surface area contributed by atoms with Gasteiger partial charge in [0.1, 0.15) is 22.6 Å². The lowest BCUT2D eigenvalue weighted by atomic mass is 10.0. The van der Waals surface area contributed by atoms with E-state index >= 15 is 0 Å². The second kappa shape index (κ2) is 8.90. The third kappa shape index (κ3) is 4.32. The number of fused-ring (bicyclic) bond motifs is 1. The Morgan fingerprint density at radius 2 is 1.88 bits per heavy atom. The summed E-state index contributed by atoms with van der Waals surface area (Å²) in [5.41, 5.74) is 0.939. The normalized spacial score (nSPS) is 12.1. The first-order valence-corrected chi connectivity index (χ1v) is 10.6. The van der Waals surface area contributed by atoms with Gasteiger partial charge in [0, 0.05) is 24.5 Å². The zero-order chi connectivity index (χ0) is 23.8. The number of benzene rings is 2. The van der Waals surface area contributed by atoms with Gasteiger partial charge in [0.25, 0.3) is 0 Å². The van der Waals surface area contributed by atoms with Crippen molar-refractivity contribution in [3.8, 4) is 17.1 Å². The fourth-order valence-corrected chi connectivity index (χ4v) is 4.05. The van der Waals surface area contributed by atoms with E-state index < -0.39 is 11.7 Å². The van der Waals surface area contributed by atoms with Crippen LogP contribution >= 0.6 is 0 Å². The molecule has 0 unspecified atom stereocenters. The number of methoxy groups -OCH3 is 1. The number of aliphatic hydroxyl groups is 1. The van der Waals surface area contributed by atoms with Crippen LogP contribution in [0.3, 0.4) is 0 Å². The van der Waals surface area contributed by atoms with Gasteiger partial charge in [0.15, 0.2) is 0 Å². The molecule has 0 saturated heterocycles. The van der Waals surface area contributed by atoms with Gasteiger partial charge >= 0.3 is 6.18 Å². The van der Waals surface area contributed by atoms with Crippen molar-refractivity contribution < 1.29 is 23.0 Å². The van der Waals surface area contributed by atoms with Crippen molar-refractivity contribution in [1.82, 2.24) is 19.3 Å². The number of alkyl halides is 3. The van der Waals surface area contributed by atoms with Crippen LogP contribution in [0.5, 0.6) is 5.75 Å². The number of nitrogens with zero attached hydrogens (tertiary/aromatic N) is 4. The first kappa shape index (κ1) is 22.8. The molecule has 0 saturated carbocycles. The summed E-state index contributed by atoms with van der Waals surface area (Å²) in [5.74, 6) is 0.914. The van der Waals surface area contributed by atoms with Crippen LogP contribution in [0, 0.1) is 0 Å². The molecule has 0 radical (unpaired) electrons. The van der Waals surface area contributed by atoms with Gasteiger partial charge in [-0.3, -0.25) is 4.68 Å². The Morgan fingerprint density at radius 3 is 2.42 bits per heavy atom. The highest BCUT2D eigenvalue weighted by Gasteiger charge is 2.39. The zero-order valence-electron chi connectivity index (χ0n) is 18.6. The van der Waals surface area contributed by atoms with Crippen LogP contribution in [-0.2, 0) is 19.3 Å². The number of aliphatic hydroxyl groups excluding tert-OH is 1. The van der Waals surface area contributed by atoms with E-state index in [-0.39, 0.29) is 42.0 Å². The molecule has 2 aromatic carbocycles. The van der Waals surface area contributed by atoms with Crippen LogP contribution in [0.4, 0.5) is 13.2 Å². The second-order valence-electron chi connectivity index (χ2n) is 8.10. The van der Waals surface area contributed by atoms with E-state index in [0.717, 1.165) is 5.56 Å². The van der Waals surface area contributed by atoms with Crippen molar-refractivity contribution >= 4 is 11.0 Å². The van der Waals surface area contributed by atoms with Gasteiger partial charge in [-0.2, -0.15) is 18.3 Å². The maximum Gasteiger partial charge on any atom is 0.418 e. The molecule has 1 N–H and O–H groups in total. The summed E-state index contributed by atoms with van der Waals surface area (Å²) in [6.07, 6.45) is -1.54. The predicted molar refractivity (Wildman–Crippen MR) is 119 cm³/mol. The molecule has 0 aliphatic carbocycles. The van der Waals surface area contributed by atoms with E-state index in [2.05, 4.69) is 23.9 Å². The highest BCUT2D eigenvalue weighted by Crippen LogP contribution is 2.43. The van der Waals surface area contributed by atoms with E-state index in [4.69, 9.17) is 4.74 Å². The minimum atomic E-state index is -4.65. The minimum absolute atomic E-state index is 0.00547. The molecule has 9 heteroatoms. The van der Waals surface area contributed by atoms with E-state index in [9.17, 15) is 18.3 Å². The van der Waals surface area contributed by atoms with Crippen LogP contribution in [0.1, 0.15) is 36.5 Å². The Balaban J connectivity index is 2.01. The van der Waals surface area contributed by atoms with Gasteiger partial charge in [0.2, 0.25) is 0 Å². The summed E-state index contributed by atoms with van der Waals surface area (Å²) >= 11 is 0. The topological polar surface area (TPSA) is 65.1 Å². The molecule has 0 atom stereocenters. The van der Waals surface area contributed by atoms with Crippen LogP contribution in [0.2, 0.25) is 0 Å². The lowest BCUT2D eigenvalue weighted by Crippen LogP contribution is -2.14. The maximum absolute atomic E-state index is 14.3. The lowest BCUT2D eigenvalue weighted by Gasteiger charge is -2.17. The number of ether oxygens (including phenoxy) is 1. The first-order chi connectivity index (χ1) is 15.7. The van der Waals surface area contributed by atoms with Crippen molar-refractivity contribution in [1.29, 1.82) is 0 Å². The number of aromatic nitrogens is 4. The highest BCUT2D eigenvalue weighted by molar-refractivity contribution is 5.90. The minimum Gasteiger partial charge on any atom is -0.494 e. The summed E-state index contributed by atoms with van der Waals surface area (Å²) < 4.78 is 51.5. The summed E-state index contributed by atoms with van der Waals surface area (Å²) in [7, 11) is 1.41. The maximum atomic E-state index is 14.3. The quantitative estimate of drug-likeness (QED) is 0.419. The zero-order valence-corrected chi connectivity index (χ0v) is 18.6. The summed E-state index contributed by atoms with van der Waals surface area (Å²) in [4.78, 5) is 4.46. The van der Waals surface area contributed by atoms with Gasteiger partial charge in [-0.15, -0.1) is 0 Å². The van der Waals surface area contributed by atoms with Gasteiger partial charge in [-0.1, -0.05) is 38.1 Å². The van der Waals surface area contributed by atoms with E-state index in [0.29, 0.717) is 17.3 Å². The Hall–Kier alpha value is -3.33. The smallest absolute Gasteiger partial charge is 0.418 e. The van der Waals surface area contributed by atoms with Crippen molar-refractivity contribution in [2.75, 3.05) is 13.7 Å². The van der Waals surface area contributed by atoms with Gasteiger partial charge in [0.05, 0.1) is 25.8 Å². The van der Waals surface area contributed by atoms with Crippen molar-refractivity contribution in [3.05, 3.63) is 65.5 Å². The van der Waals surface area contributed by atoms with Crippen LogP contribution in [0.15, 0.2) is 48.8 Å². The summed E-state index contributed by atoms with van der Waals surface area (Å²) in [6, 6.07) is 10.6. The third-order valence-electron chi connectivity index (χ3n) is 5.62. The molecular formula is C24H25F3N4O2. The molecule has 0 spiro atoms. The average Bonchev–Trinajstić information content (AvgIpc) is 3.41. The summed E-state index contributed by atoms with van der Waals surface area (Å²) in [5, 5.41) is 13.7. The SMILES string of the molecule is COc1cc(Cn2cccn2)c(C(F)(F)F)c2nc(-c3ccc(C(C)C)cc3)n(CCO)c12. The monoisotopic (exact) mass is 458 g/mol. The molecule has 4 rings (SSSR count). The predicted octanol–water partition coefficient (Wildman–Crippen LogP) is 5.09. The molecular weight excluding hydrogens is 433 g/mol. The molecule has 0 aliphatic heterocycles. The van der Waals surface area contributed by atoms with E-state index in [1.807, 2.05) is 24.3 Å². The summed E-state index contributed by atoms with van der Waals surface area (Å²) in [6.45, 7) is 3.86. The van der Waals surface area contributed by atoms with Crippen molar-refractivity contribution in [3.63, 3.8) is 0 Å². The number of hydrogen-bond acceptors (Lipinski definition) is 4. The number of halogens is 3. The Kier molecular flexibility index (Phi) is 6.16. The van der Waals surface area contributed by atoms with Crippen LogP contribution in [0.25, 0.3) is 22.4 Å². The molecule has 0 aliphatic rings. The fourth-order valence-electron chi connectivity index (χ4n) is 4.05. The van der Waals surface area contributed by atoms with Crippen molar-refractivity contribution in [2.24, 2.45) is 0 Å². The van der Waals surface area contributed by atoms with E-state index in [1.165, 1.54) is 24.1 Å². The van der Waals surface area contributed by atoms with Crippen LogP contribution in [-0.4, -0.2) is 38.2 Å². The fraction of sp³-hybridized carbons (Fsp3) is 0.333. The molecule has 174 valence electrons. The van der Waals surface area contributed by atoms with E-state index in [1.54, 1.807) is 16.8 Å². The molecule has 2 heterocycles. The Morgan fingerprint density at radius 1 is 1.15 bits per heavy atom. The molecule has 0 amide bonds. The highest BCUT2D eigenvalue weighted by atomic mass is 19.4. The first-order valence-electron chi connectivity index (χ1n) is 10.6. The van der Waals surface area contributed by atoms with Gasteiger partial charge in [-0.05, 0) is 29.2 Å². The van der Waals surface area contributed by atoms with Crippen LogP contribution < -0.4 is 4.74 Å². The lowest BCUT2D eigenvalue weighted by molar-refractivity contribution is -0.137.